The molecule has 0 bridgehead atoms. The smallest absolute Gasteiger partial charge is 0.0506 e. The van der Waals surface area contributed by atoms with Gasteiger partial charge in [-0.1, -0.05) is 32.0 Å². The minimum absolute atomic E-state index is 0.697. The predicted molar refractivity (Wildman–Crippen MR) is 86.8 cm³/mol. The first-order valence-corrected chi connectivity index (χ1v) is 8.05. The van der Waals surface area contributed by atoms with E-state index in [1.165, 1.54) is 10.5 Å². The second-order valence-electron chi connectivity index (χ2n) is 5.28. The maximum atomic E-state index is 4.34. The van der Waals surface area contributed by atoms with Crippen molar-refractivity contribution < 1.29 is 0 Å². The molecular weight excluding hydrogens is 264 g/mol. The van der Waals surface area contributed by atoms with Gasteiger partial charge in [0, 0.05) is 23.4 Å². The van der Waals surface area contributed by atoms with Crippen LogP contribution in [0.4, 0.5) is 0 Å². The van der Waals surface area contributed by atoms with Gasteiger partial charge in [0.05, 0.1) is 5.69 Å². The number of hydrogen-bond donors (Lipinski definition) is 1. The molecule has 0 amide bonds. The van der Waals surface area contributed by atoms with Gasteiger partial charge < -0.3 is 5.32 Å². The van der Waals surface area contributed by atoms with Gasteiger partial charge in [-0.25, -0.2) is 0 Å². The van der Waals surface area contributed by atoms with Gasteiger partial charge in [0.15, 0.2) is 0 Å². The van der Waals surface area contributed by atoms with Crippen LogP contribution in [-0.4, -0.2) is 11.5 Å². The highest BCUT2D eigenvalue weighted by molar-refractivity contribution is 7.98. The Kier molecular flexibility index (Phi) is 6.09. The maximum Gasteiger partial charge on any atom is 0.0506 e. The van der Waals surface area contributed by atoms with E-state index in [0.717, 1.165) is 24.5 Å². The number of benzene rings is 1. The number of hydrogen-bond acceptors (Lipinski definition) is 3. The normalized spacial score (nSPS) is 10.9. The molecule has 0 fully saturated rings. The topological polar surface area (TPSA) is 24.9 Å². The van der Waals surface area contributed by atoms with Gasteiger partial charge in [-0.2, -0.15) is 0 Å². The number of aromatic nitrogens is 1. The van der Waals surface area contributed by atoms with E-state index in [1.807, 2.05) is 30.1 Å². The van der Waals surface area contributed by atoms with E-state index in [-0.39, 0.29) is 0 Å². The van der Waals surface area contributed by atoms with Gasteiger partial charge in [-0.15, -0.1) is 11.8 Å². The first kappa shape index (κ1) is 15.1. The third kappa shape index (κ3) is 5.35. The van der Waals surface area contributed by atoms with E-state index in [2.05, 4.69) is 54.5 Å². The Morgan fingerprint density at radius 3 is 2.55 bits per heavy atom. The maximum absolute atomic E-state index is 4.34. The Morgan fingerprint density at radius 2 is 1.90 bits per heavy atom. The van der Waals surface area contributed by atoms with Crippen molar-refractivity contribution in [2.24, 2.45) is 5.92 Å². The van der Waals surface area contributed by atoms with Crippen LogP contribution in [0.25, 0.3) is 0 Å². The quantitative estimate of drug-likeness (QED) is 0.775. The van der Waals surface area contributed by atoms with Crippen LogP contribution in [0.5, 0.6) is 0 Å². The summed E-state index contributed by atoms with van der Waals surface area (Å²) in [4.78, 5) is 5.63. The molecule has 1 N–H and O–H groups in total. The molecule has 0 radical (unpaired) electrons. The van der Waals surface area contributed by atoms with Crippen LogP contribution in [-0.2, 0) is 12.3 Å². The molecule has 0 spiro atoms. The number of nitrogens with one attached hydrogen (secondary N) is 1. The van der Waals surface area contributed by atoms with Crippen molar-refractivity contribution in [1.29, 1.82) is 0 Å². The van der Waals surface area contributed by atoms with E-state index >= 15 is 0 Å². The standard InChI is InChI=1S/C17H22N2S/c1-14(2)11-18-12-15-6-8-17(9-7-15)20-13-16-5-3-4-10-19-16/h3-10,14,18H,11-13H2,1-2H3. The summed E-state index contributed by atoms with van der Waals surface area (Å²) < 4.78 is 0. The van der Waals surface area contributed by atoms with Gasteiger partial charge in [-0.3, -0.25) is 4.98 Å². The molecule has 1 heterocycles. The molecule has 0 aliphatic heterocycles. The lowest BCUT2D eigenvalue weighted by atomic mass is 10.2. The van der Waals surface area contributed by atoms with Crippen LogP contribution >= 0.6 is 11.8 Å². The second-order valence-corrected chi connectivity index (χ2v) is 6.33. The Morgan fingerprint density at radius 1 is 1.10 bits per heavy atom. The highest BCUT2D eigenvalue weighted by Gasteiger charge is 1.99. The van der Waals surface area contributed by atoms with E-state index in [0.29, 0.717) is 5.92 Å². The zero-order chi connectivity index (χ0) is 14.2. The zero-order valence-electron chi connectivity index (χ0n) is 12.2. The molecular formula is C17H22N2S. The molecule has 106 valence electrons. The van der Waals surface area contributed by atoms with Crippen molar-refractivity contribution >= 4 is 11.8 Å². The average molecular weight is 286 g/mol. The first-order chi connectivity index (χ1) is 9.74. The Labute approximate surface area is 126 Å². The summed E-state index contributed by atoms with van der Waals surface area (Å²) in [6.07, 6.45) is 1.85. The number of thioether (sulfide) groups is 1. The van der Waals surface area contributed by atoms with Crippen molar-refractivity contribution in [3.05, 3.63) is 59.9 Å². The Bertz CT molecular complexity index is 494. The monoisotopic (exact) mass is 286 g/mol. The molecule has 0 saturated carbocycles. The molecule has 2 aromatic rings. The molecule has 1 aromatic heterocycles. The highest BCUT2D eigenvalue weighted by atomic mass is 32.2. The summed E-state index contributed by atoms with van der Waals surface area (Å²) in [7, 11) is 0. The Hall–Kier alpha value is -1.32. The van der Waals surface area contributed by atoms with Crippen molar-refractivity contribution in [3.63, 3.8) is 0 Å². The lowest BCUT2D eigenvalue weighted by Gasteiger charge is -2.08. The van der Waals surface area contributed by atoms with Gasteiger partial charge in [0.2, 0.25) is 0 Å². The van der Waals surface area contributed by atoms with Crippen molar-refractivity contribution in [1.82, 2.24) is 10.3 Å². The van der Waals surface area contributed by atoms with Crippen molar-refractivity contribution in [3.8, 4) is 0 Å². The first-order valence-electron chi connectivity index (χ1n) is 7.06. The molecule has 0 aliphatic carbocycles. The number of pyridine rings is 1. The molecule has 0 atom stereocenters. The van der Waals surface area contributed by atoms with Crippen molar-refractivity contribution in [2.45, 2.75) is 31.0 Å². The number of rotatable bonds is 7. The van der Waals surface area contributed by atoms with Gasteiger partial charge in [0.25, 0.3) is 0 Å². The van der Waals surface area contributed by atoms with E-state index in [4.69, 9.17) is 0 Å². The fraction of sp³-hybridized carbons (Fsp3) is 0.353. The zero-order valence-corrected chi connectivity index (χ0v) is 13.0. The van der Waals surface area contributed by atoms with Crippen LogP contribution in [0.2, 0.25) is 0 Å². The van der Waals surface area contributed by atoms with Gasteiger partial charge in [0.1, 0.15) is 0 Å². The SMILES string of the molecule is CC(C)CNCc1ccc(SCc2ccccn2)cc1. The van der Waals surface area contributed by atoms with Crippen LogP contribution in [0, 0.1) is 5.92 Å². The molecule has 2 rings (SSSR count). The summed E-state index contributed by atoms with van der Waals surface area (Å²) >= 11 is 1.83. The third-order valence-electron chi connectivity index (χ3n) is 2.92. The second kappa shape index (κ2) is 8.08. The molecule has 1 aromatic carbocycles. The van der Waals surface area contributed by atoms with E-state index in [1.54, 1.807) is 0 Å². The molecule has 0 saturated heterocycles. The van der Waals surface area contributed by atoms with Crippen LogP contribution in [0.1, 0.15) is 25.1 Å². The summed E-state index contributed by atoms with van der Waals surface area (Å²) in [5, 5.41) is 3.46. The van der Waals surface area contributed by atoms with Crippen molar-refractivity contribution in [2.75, 3.05) is 6.54 Å². The Balaban J connectivity index is 1.79. The minimum Gasteiger partial charge on any atom is -0.312 e. The molecule has 2 nitrogen and oxygen atoms in total. The summed E-state index contributed by atoms with van der Waals surface area (Å²) in [5.41, 5.74) is 2.47. The largest absolute Gasteiger partial charge is 0.312 e. The highest BCUT2D eigenvalue weighted by Crippen LogP contribution is 2.22. The third-order valence-corrected chi connectivity index (χ3v) is 3.96. The predicted octanol–water partition coefficient (Wildman–Crippen LogP) is 4.12. The number of nitrogens with zero attached hydrogens (tertiary/aromatic N) is 1. The van der Waals surface area contributed by atoms with E-state index < -0.39 is 0 Å². The molecule has 0 unspecified atom stereocenters. The van der Waals surface area contributed by atoms with Gasteiger partial charge >= 0.3 is 0 Å². The summed E-state index contributed by atoms with van der Waals surface area (Å²) in [6.45, 7) is 6.47. The molecule has 20 heavy (non-hydrogen) atoms. The molecule has 3 heteroatoms. The van der Waals surface area contributed by atoms with Crippen LogP contribution in [0.3, 0.4) is 0 Å². The lowest BCUT2D eigenvalue weighted by Crippen LogP contribution is -2.18. The molecule has 0 aliphatic rings. The fourth-order valence-electron chi connectivity index (χ4n) is 1.85. The van der Waals surface area contributed by atoms with E-state index in [9.17, 15) is 0 Å². The van der Waals surface area contributed by atoms with Crippen LogP contribution < -0.4 is 5.32 Å². The summed E-state index contributed by atoms with van der Waals surface area (Å²) in [5.74, 6) is 1.62. The lowest BCUT2D eigenvalue weighted by molar-refractivity contribution is 0.552. The fourth-order valence-corrected chi connectivity index (χ4v) is 2.66. The summed E-state index contributed by atoms with van der Waals surface area (Å²) in [6, 6.07) is 14.8. The minimum atomic E-state index is 0.697. The van der Waals surface area contributed by atoms with Gasteiger partial charge in [-0.05, 0) is 42.3 Å². The van der Waals surface area contributed by atoms with Crippen LogP contribution in [0.15, 0.2) is 53.6 Å². The average Bonchev–Trinajstić information content (AvgIpc) is 2.47.